The number of methoxy groups -OCH3 is 1. The fourth-order valence-electron chi connectivity index (χ4n) is 2.75. The zero-order valence-electron chi connectivity index (χ0n) is 14.3. The summed E-state index contributed by atoms with van der Waals surface area (Å²) < 4.78 is 10.8. The molecular weight excluding hydrogens is 338 g/mol. The van der Waals surface area contributed by atoms with E-state index < -0.39 is 0 Å². The Morgan fingerprint density at radius 3 is 2.72 bits per heavy atom. The molecule has 1 aromatic heterocycles. The van der Waals surface area contributed by atoms with Crippen LogP contribution in [0.2, 0.25) is 0 Å². The van der Waals surface area contributed by atoms with Gasteiger partial charge in [-0.15, -0.1) is 22.0 Å². The molecular formula is C18H21N3O3S. The molecule has 1 aliphatic rings. The monoisotopic (exact) mass is 359 g/mol. The number of thioether (sulfide) groups is 1. The summed E-state index contributed by atoms with van der Waals surface area (Å²) in [4.78, 5) is 15.7. The van der Waals surface area contributed by atoms with Gasteiger partial charge in [0.1, 0.15) is 6.10 Å². The molecule has 0 bridgehead atoms. The minimum absolute atomic E-state index is 0.0588. The number of ether oxygens (including phenoxy) is 2. The largest absolute Gasteiger partial charge is 0.480 e. The molecule has 2 aromatic rings. The van der Waals surface area contributed by atoms with Gasteiger partial charge < -0.3 is 14.4 Å². The second kappa shape index (κ2) is 8.20. The lowest BCUT2D eigenvalue weighted by Crippen LogP contribution is -2.31. The molecule has 1 unspecified atom stereocenters. The molecule has 1 fully saturated rings. The van der Waals surface area contributed by atoms with E-state index in [2.05, 4.69) is 17.1 Å². The first-order valence-electron chi connectivity index (χ1n) is 8.26. The zero-order valence-corrected chi connectivity index (χ0v) is 15.2. The Balaban J connectivity index is 1.63. The number of aromatic nitrogens is 2. The van der Waals surface area contributed by atoms with E-state index in [4.69, 9.17) is 9.47 Å². The molecule has 0 aliphatic carbocycles. The van der Waals surface area contributed by atoms with E-state index in [9.17, 15) is 4.79 Å². The normalized spacial score (nSPS) is 16.7. The molecule has 0 N–H and O–H groups in total. The van der Waals surface area contributed by atoms with E-state index in [0.717, 1.165) is 22.6 Å². The predicted molar refractivity (Wildman–Crippen MR) is 96.4 cm³/mol. The topological polar surface area (TPSA) is 64.6 Å². The summed E-state index contributed by atoms with van der Waals surface area (Å²) in [6, 6.07) is 11.2. The Morgan fingerprint density at radius 1 is 1.24 bits per heavy atom. The number of benzene rings is 1. The van der Waals surface area contributed by atoms with Crippen LogP contribution in [-0.2, 0) is 0 Å². The van der Waals surface area contributed by atoms with Crippen molar-refractivity contribution < 1.29 is 14.3 Å². The quantitative estimate of drug-likeness (QED) is 0.739. The maximum absolute atomic E-state index is 12.8. The second-order valence-electron chi connectivity index (χ2n) is 5.62. The van der Waals surface area contributed by atoms with Gasteiger partial charge >= 0.3 is 0 Å². The van der Waals surface area contributed by atoms with E-state index >= 15 is 0 Å². The summed E-state index contributed by atoms with van der Waals surface area (Å²) in [6.45, 7) is 3.32. The third-order valence-electron chi connectivity index (χ3n) is 3.96. The number of carbonyl (C=O) groups excluding carboxylic acids is 1. The van der Waals surface area contributed by atoms with Crippen molar-refractivity contribution in [2.24, 2.45) is 0 Å². The number of hydrogen-bond acceptors (Lipinski definition) is 6. The Bertz CT molecular complexity index is 724. The van der Waals surface area contributed by atoms with E-state index in [1.165, 1.54) is 0 Å². The van der Waals surface area contributed by atoms with Crippen LogP contribution in [0.1, 0.15) is 23.7 Å². The van der Waals surface area contributed by atoms with E-state index in [1.807, 2.05) is 29.2 Å². The van der Waals surface area contributed by atoms with Gasteiger partial charge in [0.25, 0.3) is 5.91 Å². The summed E-state index contributed by atoms with van der Waals surface area (Å²) in [5.41, 5.74) is 0.763. The molecule has 1 atom stereocenters. The molecule has 1 aliphatic heterocycles. The third kappa shape index (κ3) is 4.22. The van der Waals surface area contributed by atoms with Gasteiger partial charge in [-0.3, -0.25) is 4.79 Å². The number of rotatable bonds is 6. The van der Waals surface area contributed by atoms with Gasteiger partial charge in [-0.05, 0) is 17.9 Å². The number of nitrogens with zero attached hydrogens (tertiary/aromatic N) is 3. The van der Waals surface area contributed by atoms with E-state index in [0.29, 0.717) is 24.8 Å². The molecule has 6 nitrogen and oxygen atoms in total. The minimum atomic E-state index is -0.0716. The molecule has 1 amide bonds. The van der Waals surface area contributed by atoms with Crippen LogP contribution in [0.3, 0.4) is 0 Å². The summed E-state index contributed by atoms with van der Waals surface area (Å²) in [7, 11) is 1.54. The first-order chi connectivity index (χ1) is 12.2. The molecule has 1 aromatic carbocycles. The van der Waals surface area contributed by atoms with Gasteiger partial charge in [0.05, 0.1) is 19.2 Å². The molecule has 2 heterocycles. The first-order valence-corrected chi connectivity index (χ1v) is 9.25. The van der Waals surface area contributed by atoms with Crippen LogP contribution < -0.4 is 9.47 Å². The van der Waals surface area contributed by atoms with Crippen LogP contribution in [0.4, 0.5) is 0 Å². The lowest BCUT2D eigenvalue weighted by Gasteiger charge is -2.18. The standard InChI is InChI=1S/C18H21N3O3S/c1-3-25-15-7-5-4-6-14(15)18(22)21-11-10-13(12-21)24-17-9-8-16(23-2)19-20-17/h4-9,13H,3,10-12H2,1-2H3. The van der Waals surface area contributed by atoms with Crippen LogP contribution in [0.15, 0.2) is 41.3 Å². The smallest absolute Gasteiger partial charge is 0.255 e. The maximum Gasteiger partial charge on any atom is 0.255 e. The van der Waals surface area contributed by atoms with Crippen molar-refractivity contribution in [1.82, 2.24) is 15.1 Å². The van der Waals surface area contributed by atoms with E-state index in [-0.39, 0.29) is 12.0 Å². The lowest BCUT2D eigenvalue weighted by atomic mass is 10.2. The van der Waals surface area contributed by atoms with Crippen LogP contribution in [0.5, 0.6) is 11.8 Å². The zero-order chi connectivity index (χ0) is 17.6. The molecule has 0 spiro atoms. The lowest BCUT2D eigenvalue weighted by molar-refractivity contribution is 0.0767. The summed E-state index contributed by atoms with van der Waals surface area (Å²) in [5.74, 6) is 1.89. The number of likely N-dealkylation sites (tertiary alicyclic amines) is 1. The summed E-state index contributed by atoms with van der Waals surface area (Å²) >= 11 is 1.69. The van der Waals surface area contributed by atoms with Crippen molar-refractivity contribution in [1.29, 1.82) is 0 Å². The van der Waals surface area contributed by atoms with Gasteiger partial charge in [0.2, 0.25) is 11.8 Å². The molecule has 7 heteroatoms. The van der Waals surface area contributed by atoms with Crippen LogP contribution in [-0.4, -0.2) is 53.1 Å². The van der Waals surface area contributed by atoms with E-state index in [1.54, 1.807) is 31.0 Å². The number of hydrogen-bond donors (Lipinski definition) is 0. The second-order valence-corrected chi connectivity index (χ2v) is 6.93. The Labute approximate surface area is 151 Å². The van der Waals surface area contributed by atoms with Crippen molar-refractivity contribution in [2.75, 3.05) is 26.0 Å². The van der Waals surface area contributed by atoms with Crippen molar-refractivity contribution in [3.8, 4) is 11.8 Å². The molecule has 132 valence electrons. The van der Waals surface area contributed by atoms with Crippen molar-refractivity contribution >= 4 is 17.7 Å². The highest BCUT2D eigenvalue weighted by Crippen LogP contribution is 2.25. The molecule has 0 radical (unpaired) electrons. The first kappa shape index (κ1) is 17.5. The van der Waals surface area contributed by atoms with Gasteiger partial charge in [0.15, 0.2) is 0 Å². The number of carbonyl (C=O) groups is 1. The average Bonchev–Trinajstić information content (AvgIpc) is 3.11. The molecule has 25 heavy (non-hydrogen) atoms. The van der Waals surface area contributed by atoms with Gasteiger partial charge in [-0.25, -0.2) is 0 Å². The van der Waals surface area contributed by atoms with Gasteiger partial charge in [-0.2, -0.15) is 0 Å². The Kier molecular flexibility index (Phi) is 5.75. The maximum atomic E-state index is 12.8. The molecule has 0 saturated carbocycles. The Hall–Kier alpha value is -2.28. The van der Waals surface area contributed by atoms with Crippen molar-refractivity contribution in [3.05, 3.63) is 42.0 Å². The van der Waals surface area contributed by atoms with Crippen LogP contribution >= 0.6 is 11.8 Å². The fraction of sp³-hybridized carbons (Fsp3) is 0.389. The molecule has 1 saturated heterocycles. The van der Waals surface area contributed by atoms with Gasteiger partial charge in [-0.1, -0.05) is 19.1 Å². The van der Waals surface area contributed by atoms with Crippen LogP contribution in [0, 0.1) is 0 Å². The highest BCUT2D eigenvalue weighted by Gasteiger charge is 2.29. The molecule has 3 rings (SSSR count). The highest BCUT2D eigenvalue weighted by atomic mass is 32.2. The Morgan fingerprint density at radius 2 is 2.00 bits per heavy atom. The minimum Gasteiger partial charge on any atom is -0.480 e. The van der Waals surface area contributed by atoms with Crippen molar-refractivity contribution in [2.45, 2.75) is 24.3 Å². The summed E-state index contributed by atoms with van der Waals surface area (Å²) in [5, 5.41) is 7.87. The highest BCUT2D eigenvalue weighted by molar-refractivity contribution is 7.99. The number of amides is 1. The summed E-state index contributed by atoms with van der Waals surface area (Å²) in [6.07, 6.45) is 0.709. The van der Waals surface area contributed by atoms with Gasteiger partial charge in [0, 0.05) is 30.0 Å². The fourth-order valence-corrected chi connectivity index (χ4v) is 3.55. The third-order valence-corrected chi connectivity index (χ3v) is 4.92. The van der Waals surface area contributed by atoms with Crippen LogP contribution in [0.25, 0.3) is 0 Å². The van der Waals surface area contributed by atoms with Crippen molar-refractivity contribution in [3.63, 3.8) is 0 Å². The predicted octanol–water partition coefficient (Wildman–Crippen LogP) is 2.89. The average molecular weight is 359 g/mol. The SMILES string of the molecule is CCSc1ccccc1C(=O)N1CCC(Oc2ccc(OC)nn2)C1.